The van der Waals surface area contributed by atoms with Crippen molar-refractivity contribution in [1.82, 2.24) is 4.90 Å². The van der Waals surface area contributed by atoms with E-state index in [2.05, 4.69) is 32.7 Å². The summed E-state index contributed by atoms with van der Waals surface area (Å²) in [5.41, 5.74) is 0.559. The second-order valence-electron chi connectivity index (χ2n) is 4.14. The molecule has 1 saturated heterocycles. The van der Waals surface area contributed by atoms with Gasteiger partial charge in [0.1, 0.15) is 0 Å². The highest BCUT2D eigenvalue weighted by molar-refractivity contribution is 4.90. The van der Waals surface area contributed by atoms with Crippen molar-refractivity contribution in [3.8, 4) is 0 Å². The van der Waals surface area contributed by atoms with Gasteiger partial charge in [0.05, 0.1) is 0 Å². The smallest absolute Gasteiger partial charge is 0.0141 e. The average Bonchev–Trinajstić information content (AvgIpc) is 2.30. The molecule has 0 saturated carbocycles. The summed E-state index contributed by atoms with van der Waals surface area (Å²) in [7, 11) is 2.24. The van der Waals surface area contributed by atoms with Crippen LogP contribution < -0.4 is 0 Å². The normalized spacial score (nSPS) is 28.0. The van der Waals surface area contributed by atoms with Gasteiger partial charge in [0.15, 0.2) is 0 Å². The topological polar surface area (TPSA) is 3.24 Å². The summed E-state index contributed by atoms with van der Waals surface area (Å²) in [4.78, 5) is 2.49. The molecule has 0 spiro atoms. The first-order valence-electron chi connectivity index (χ1n) is 5.28. The molecule has 1 atom stereocenters. The van der Waals surface area contributed by atoms with E-state index in [-0.39, 0.29) is 0 Å². The molecule has 1 unspecified atom stereocenters. The van der Waals surface area contributed by atoms with Crippen molar-refractivity contribution in [3.63, 3.8) is 0 Å². The first kappa shape index (κ1) is 12.0. The maximum atomic E-state index is 2.49. The van der Waals surface area contributed by atoms with Crippen molar-refractivity contribution in [2.24, 2.45) is 5.41 Å². The number of nitrogens with zero attached hydrogens (tertiary/aromatic N) is 1. The Morgan fingerprint density at radius 2 is 1.83 bits per heavy atom. The summed E-state index contributed by atoms with van der Waals surface area (Å²) < 4.78 is 0. The van der Waals surface area contributed by atoms with E-state index in [1.165, 1.54) is 19.4 Å². The van der Waals surface area contributed by atoms with Crippen molar-refractivity contribution < 1.29 is 0 Å². The van der Waals surface area contributed by atoms with Crippen LogP contribution in [0.1, 0.15) is 47.5 Å². The van der Waals surface area contributed by atoms with Gasteiger partial charge in [0, 0.05) is 6.04 Å². The van der Waals surface area contributed by atoms with Crippen LogP contribution in [-0.4, -0.2) is 24.5 Å². The largest absolute Gasteiger partial charge is 0.303 e. The molecule has 0 amide bonds. The van der Waals surface area contributed by atoms with E-state index in [4.69, 9.17) is 0 Å². The molecule has 1 aliphatic heterocycles. The molecule has 0 bridgehead atoms. The number of rotatable bonds is 1. The molecule has 0 aliphatic carbocycles. The molecule has 0 N–H and O–H groups in total. The van der Waals surface area contributed by atoms with Gasteiger partial charge in [-0.1, -0.05) is 34.6 Å². The van der Waals surface area contributed by atoms with Crippen LogP contribution in [0.3, 0.4) is 0 Å². The minimum atomic E-state index is 0.559. The minimum absolute atomic E-state index is 0.559. The zero-order valence-electron chi connectivity index (χ0n) is 9.65. The number of likely N-dealkylation sites (tertiary alicyclic amines) is 1. The summed E-state index contributed by atoms with van der Waals surface area (Å²) in [5.74, 6) is 0. The molecule has 1 fully saturated rings. The third-order valence-corrected chi connectivity index (χ3v) is 2.93. The Morgan fingerprint density at radius 1 is 1.33 bits per heavy atom. The molecule has 0 radical (unpaired) electrons. The molecular weight excluding hydrogens is 146 g/mol. The van der Waals surface area contributed by atoms with E-state index in [0.717, 1.165) is 6.04 Å². The molecule has 1 rings (SSSR count). The maximum absolute atomic E-state index is 2.49. The van der Waals surface area contributed by atoms with Crippen LogP contribution in [0.2, 0.25) is 0 Å². The lowest BCUT2D eigenvalue weighted by molar-refractivity contribution is 0.206. The third kappa shape index (κ3) is 2.48. The van der Waals surface area contributed by atoms with Crippen LogP contribution in [0.25, 0.3) is 0 Å². The SMILES string of the molecule is CC.CCC1N(C)CCC1(C)C. The van der Waals surface area contributed by atoms with Crippen LogP contribution in [-0.2, 0) is 0 Å². The number of hydrogen-bond donors (Lipinski definition) is 0. The summed E-state index contributed by atoms with van der Waals surface area (Å²) in [6, 6.07) is 0.812. The van der Waals surface area contributed by atoms with Crippen LogP contribution in [0, 0.1) is 5.41 Å². The highest BCUT2D eigenvalue weighted by Crippen LogP contribution is 2.36. The van der Waals surface area contributed by atoms with E-state index in [1.54, 1.807) is 0 Å². The van der Waals surface area contributed by atoms with Crippen molar-refractivity contribution in [2.45, 2.75) is 53.5 Å². The number of hydrogen-bond acceptors (Lipinski definition) is 1. The zero-order valence-corrected chi connectivity index (χ0v) is 9.65. The monoisotopic (exact) mass is 171 g/mol. The molecule has 74 valence electrons. The predicted molar refractivity (Wildman–Crippen MR) is 56.5 cm³/mol. The Balaban J connectivity index is 0.000000561. The lowest BCUT2D eigenvalue weighted by atomic mass is 9.83. The van der Waals surface area contributed by atoms with E-state index < -0.39 is 0 Å². The van der Waals surface area contributed by atoms with Gasteiger partial charge >= 0.3 is 0 Å². The first-order chi connectivity index (χ1) is 5.58. The van der Waals surface area contributed by atoms with Gasteiger partial charge in [-0.25, -0.2) is 0 Å². The molecule has 1 heterocycles. The van der Waals surface area contributed by atoms with Gasteiger partial charge in [-0.2, -0.15) is 0 Å². The Kier molecular flexibility index (Phi) is 4.84. The maximum Gasteiger partial charge on any atom is 0.0141 e. The zero-order chi connectivity index (χ0) is 9.78. The van der Waals surface area contributed by atoms with Crippen molar-refractivity contribution in [3.05, 3.63) is 0 Å². The second kappa shape index (κ2) is 4.86. The van der Waals surface area contributed by atoms with Crippen LogP contribution in [0.15, 0.2) is 0 Å². The second-order valence-corrected chi connectivity index (χ2v) is 4.14. The van der Waals surface area contributed by atoms with Gasteiger partial charge in [0.2, 0.25) is 0 Å². The molecule has 1 nitrogen and oxygen atoms in total. The molecule has 12 heavy (non-hydrogen) atoms. The fraction of sp³-hybridized carbons (Fsp3) is 1.00. The highest BCUT2D eigenvalue weighted by atomic mass is 15.2. The van der Waals surface area contributed by atoms with Crippen molar-refractivity contribution >= 4 is 0 Å². The van der Waals surface area contributed by atoms with E-state index in [0.29, 0.717) is 5.41 Å². The Hall–Kier alpha value is -0.0400. The van der Waals surface area contributed by atoms with E-state index in [1.807, 2.05) is 13.8 Å². The molecule has 1 heteroatoms. The van der Waals surface area contributed by atoms with Gasteiger partial charge in [0.25, 0.3) is 0 Å². The van der Waals surface area contributed by atoms with Gasteiger partial charge < -0.3 is 4.90 Å². The van der Waals surface area contributed by atoms with Crippen molar-refractivity contribution in [1.29, 1.82) is 0 Å². The summed E-state index contributed by atoms with van der Waals surface area (Å²) in [6.07, 6.45) is 2.66. The first-order valence-corrected chi connectivity index (χ1v) is 5.28. The third-order valence-electron chi connectivity index (χ3n) is 2.93. The fourth-order valence-corrected chi connectivity index (χ4v) is 2.25. The molecular formula is C11H25N. The lowest BCUT2D eigenvalue weighted by Crippen LogP contribution is -2.33. The Morgan fingerprint density at radius 3 is 2.00 bits per heavy atom. The van der Waals surface area contributed by atoms with Crippen LogP contribution >= 0.6 is 0 Å². The average molecular weight is 171 g/mol. The quantitative estimate of drug-likeness (QED) is 0.586. The molecule has 0 aromatic heterocycles. The summed E-state index contributed by atoms with van der Waals surface area (Å²) >= 11 is 0. The molecule has 0 aromatic carbocycles. The van der Waals surface area contributed by atoms with E-state index >= 15 is 0 Å². The predicted octanol–water partition coefficient (Wildman–Crippen LogP) is 3.15. The fourth-order valence-electron chi connectivity index (χ4n) is 2.25. The summed E-state index contributed by atoms with van der Waals surface area (Å²) in [6.45, 7) is 12.3. The Labute approximate surface area is 78.1 Å². The molecule has 1 aliphatic rings. The van der Waals surface area contributed by atoms with Gasteiger partial charge in [-0.15, -0.1) is 0 Å². The Bertz CT molecular complexity index is 118. The van der Waals surface area contributed by atoms with Crippen molar-refractivity contribution in [2.75, 3.05) is 13.6 Å². The lowest BCUT2D eigenvalue weighted by Gasteiger charge is -2.29. The van der Waals surface area contributed by atoms with Gasteiger partial charge in [-0.3, -0.25) is 0 Å². The summed E-state index contributed by atoms with van der Waals surface area (Å²) in [5, 5.41) is 0. The van der Waals surface area contributed by atoms with Crippen LogP contribution in [0.5, 0.6) is 0 Å². The van der Waals surface area contributed by atoms with E-state index in [9.17, 15) is 0 Å². The highest BCUT2D eigenvalue weighted by Gasteiger charge is 2.36. The van der Waals surface area contributed by atoms with Crippen LogP contribution in [0.4, 0.5) is 0 Å². The standard InChI is InChI=1S/C9H19N.C2H6/c1-5-8-9(2,3)6-7-10(8)4;1-2/h8H,5-7H2,1-4H3;1-2H3. The van der Waals surface area contributed by atoms with Gasteiger partial charge in [-0.05, 0) is 31.8 Å². The minimum Gasteiger partial charge on any atom is -0.303 e. The molecule has 0 aromatic rings.